The lowest BCUT2D eigenvalue weighted by molar-refractivity contribution is 1.62. The van der Waals surface area contributed by atoms with Gasteiger partial charge in [-0.1, -0.05) is 109 Å². The van der Waals surface area contributed by atoms with Crippen molar-refractivity contribution in [3.63, 3.8) is 0 Å². The van der Waals surface area contributed by atoms with Crippen molar-refractivity contribution in [2.45, 2.75) is 0 Å². The van der Waals surface area contributed by atoms with E-state index in [2.05, 4.69) is 170 Å². The van der Waals surface area contributed by atoms with Crippen LogP contribution >= 0.6 is 56.7 Å². The van der Waals surface area contributed by atoms with Crippen LogP contribution in [0.5, 0.6) is 0 Å². The summed E-state index contributed by atoms with van der Waals surface area (Å²) in [6, 6.07) is 62.7. The van der Waals surface area contributed by atoms with Crippen LogP contribution in [0.1, 0.15) is 0 Å². The molecule has 0 spiro atoms. The van der Waals surface area contributed by atoms with Crippen LogP contribution in [-0.4, -0.2) is 0 Å². The van der Waals surface area contributed by atoms with Crippen LogP contribution < -0.4 is 0 Å². The zero-order valence-electron chi connectivity index (χ0n) is 28.2. The van der Waals surface area contributed by atoms with Gasteiger partial charge in [0.05, 0.1) is 0 Å². The van der Waals surface area contributed by atoms with Crippen LogP contribution in [0, 0.1) is 0 Å². The van der Waals surface area contributed by atoms with Gasteiger partial charge in [0, 0.05) is 58.8 Å². The summed E-state index contributed by atoms with van der Waals surface area (Å²) >= 11 is 9.50. The Bertz CT molecular complexity index is 2870. The third-order valence-electron chi connectivity index (χ3n) is 10.00. The van der Waals surface area contributed by atoms with E-state index in [1.54, 1.807) is 0 Å². The molecular formula is C48H28S5. The first-order valence-electron chi connectivity index (χ1n) is 17.5. The van der Waals surface area contributed by atoms with Gasteiger partial charge in [-0.3, -0.25) is 0 Å². The molecule has 11 aromatic rings. The number of thiophene rings is 5. The molecule has 0 aliphatic carbocycles. The van der Waals surface area contributed by atoms with E-state index in [1.807, 2.05) is 56.7 Å². The van der Waals surface area contributed by atoms with Gasteiger partial charge < -0.3 is 0 Å². The molecule has 53 heavy (non-hydrogen) atoms. The maximum Gasteiger partial charge on any atom is 0.0455 e. The Hall–Kier alpha value is -5.14. The first-order chi connectivity index (χ1) is 26.2. The van der Waals surface area contributed by atoms with Crippen LogP contribution in [0.4, 0.5) is 0 Å². The van der Waals surface area contributed by atoms with Gasteiger partial charge in [-0.25, -0.2) is 0 Å². The maximum atomic E-state index is 2.42. The van der Waals surface area contributed by atoms with Crippen molar-refractivity contribution in [3.8, 4) is 62.6 Å². The van der Waals surface area contributed by atoms with Crippen molar-refractivity contribution in [1.82, 2.24) is 0 Å². The first kappa shape index (κ1) is 31.4. The summed E-state index contributed by atoms with van der Waals surface area (Å²) in [4.78, 5) is 7.95. The van der Waals surface area contributed by atoms with Crippen LogP contribution in [0.15, 0.2) is 170 Å². The smallest absolute Gasteiger partial charge is 0.0455 e. The largest absolute Gasteiger partial charge is 0.135 e. The SMILES string of the molecule is c1ccc(-c2ccc(-c3ccc(-c4cc5cc6c(cc5s4)sc4cc5sc(-c7ccc(-c8ccc(-c9ccccc9)cc8)s7)cc5cc46)s3)cc2)cc1. The van der Waals surface area contributed by atoms with Gasteiger partial charge >= 0.3 is 0 Å². The number of hydrogen-bond acceptors (Lipinski definition) is 5. The Labute approximate surface area is 327 Å². The zero-order chi connectivity index (χ0) is 34.9. The molecule has 0 atom stereocenters. The Morgan fingerprint density at radius 2 is 0.604 bits per heavy atom. The molecule has 11 rings (SSSR count). The van der Waals surface area contributed by atoms with E-state index in [4.69, 9.17) is 0 Å². The van der Waals surface area contributed by atoms with Gasteiger partial charge in [0.15, 0.2) is 0 Å². The van der Waals surface area contributed by atoms with Crippen molar-refractivity contribution < 1.29 is 0 Å². The first-order valence-corrected chi connectivity index (χ1v) is 21.6. The molecular weight excluding hydrogens is 737 g/mol. The van der Waals surface area contributed by atoms with Crippen LogP contribution in [-0.2, 0) is 0 Å². The number of fused-ring (bicyclic) bond motifs is 5. The summed E-state index contributed by atoms with van der Waals surface area (Å²) in [5.74, 6) is 0. The molecule has 0 unspecified atom stereocenters. The minimum Gasteiger partial charge on any atom is -0.135 e. The molecule has 6 aromatic carbocycles. The quantitative estimate of drug-likeness (QED) is 0.158. The predicted molar refractivity (Wildman–Crippen MR) is 238 cm³/mol. The van der Waals surface area contributed by atoms with Crippen molar-refractivity contribution in [2.75, 3.05) is 0 Å². The zero-order valence-corrected chi connectivity index (χ0v) is 32.3. The second-order valence-corrected chi connectivity index (χ2v) is 18.7. The number of rotatable bonds is 6. The third kappa shape index (κ3) is 5.68. The lowest BCUT2D eigenvalue weighted by Gasteiger charge is -2.03. The van der Waals surface area contributed by atoms with Gasteiger partial charge in [0.2, 0.25) is 0 Å². The van der Waals surface area contributed by atoms with Crippen molar-refractivity contribution in [1.29, 1.82) is 0 Å². The molecule has 0 saturated heterocycles. The molecule has 250 valence electrons. The average molecular weight is 765 g/mol. The van der Waals surface area contributed by atoms with Crippen LogP contribution in [0.2, 0.25) is 0 Å². The molecule has 0 radical (unpaired) electrons. The van der Waals surface area contributed by atoms with E-state index in [1.165, 1.54) is 103 Å². The molecule has 0 aliphatic heterocycles. The molecule has 0 bridgehead atoms. The van der Waals surface area contributed by atoms with E-state index in [-0.39, 0.29) is 0 Å². The van der Waals surface area contributed by atoms with Gasteiger partial charge in [-0.05, 0) is 105 Å². The second kappa shape index (κ2) is 12.8. The Kier molecular flexibility index (Phi) is 7.56. The van der Waals surface area contributed by atoms with Crippen molar-refractivity contribution in [3.05, 3.63) is 170 Å². The van der Waals surface area contributed by atoms with Gasteiger partial charge in [-0.2, -0.15) is 0 Å². The molecule has 5 aromatic heterocycles. The lowest BCUT2D eigenvalue weighted by Crippen LogP contribution is -1.77. The van der Waals surface area contributed by atoms with E-state index >= 15 is 0 Å². The van der Waals surface area contributed by atoms with E-state index in [0.29, 0.717) is 0 Å². The highest BCUT2D eigenvalue weighted by Gasteiger charge is 2.15. The summed E-state index contributed by atoms with van der Waals surface area (Å²) in [6.45, 7) is 0. The fourth-order valence-electron chi connectivity index (χ4n) is 7.25. The monoisotopic (exact) mass is 764 g/mol. The average Bonchev–Trinajstić information content (AvgIpc) is 4.06. The van der Waals surface area contributed by atoms with Crippen LogP contribution in [0.3, 0.4) is 0 Å². The van der Waals surface area contributed by atoms with Gasteiger partial charge in [0.1, 0.15) is 0 Å². The van der Waals surface area contributed by atoms with Gasteiger partial charge in [-0.15, -0.1) is 56.7 Å². The molecule has 0 aliphatic rings. The van der Waals surface area contributed by atoms with Crippen LogP contribution in [0.25, 0.3) is 103 Å². The predicted octanol–water partition coefficient (Wildman–Crippen LogP) is 16.6. The molecule has 0 saturated carbocycles. The summed E-state index contributed by atoms with van der Waals surface area (Å²) in [5.41, 5.74) is 7.54. The standard InChI is InChI=1S/C48H28S5/c1-3-7-29(8-4-1)31-11-15-33(16-12-31)39-19-21-41(49-39)47-25-35-23-37-38-24-36-26-48(52-44(36)28-46(38)53-45(37)27-43(35)51-47)42-22-20-40(50-42)34-17-13-32(14-18-34)30-9-5-2-6-10-30/h1-28H. The summed E-state index contributed by atoms with van der Waals surface area (Å²) in [6.07, 6.45) is 0. The topological polar surface area (TPSA) is 0 Å². The summed E-state index contributed by atoms with van der Waals surface area (Å²) in [7, 11) is 0. The summed E-state index contributed by atoms with van der Waals surface area (Å²) < 4.78 is 5.44. The van der Waals surface area contributed by atoms with Crippen molar-refractivity contribution >= 4 is 97.0 Å². The Morgan fingerprint density at radius 1 is 0.226 bits per heavy atom. The highest BCUT2D eigenvalue weighted by atomic mass is 32.1. The molecule has 0 N–H and O–H groups in total. The highest BCUT2D eigenvalue weighted by Crippen LogP contribution is 2.46. The molecule has 0 nitrogen and oxygen atoms in total. The minimum atomic E-state index is 1.25. The lowest BCUT2D eigenvalue weighted by atomic mass is 10.0. The Morgan fingerprint density at radius 3 is 1.04 bits per heavy atom. The fraction of sp³-hybridized carbons (Fsp3) is 0. The van der Waals surface area contributed by atoms with Crippen molar-refractivity contribution in [2.24, 2.45) is 0 Å². The summed E-state index contributed by atoms with van der Waals surface area (Å²) in [5, 5.41) is 5.38. The molecule has 5 heteroatoms. The second-order valence-electron chi connectivity index (χ2n) is 13.3. The molecule has 5 heterocycles. The highest BCUT2D eigenvalue weighted by molar-refractivity contribution is 7.29. The minimum absolute atomic E-state index is 1.25. The normalized spacial score (nSPS) is 11.8. The van der Waals surface area contributed by atoms with E-state index in [0.717, 1.165) is 0 Å². The van der Waals surface area contributed by atoms with E-state index in [9.17, 15) is 0 Å². The maximum absolute atomic E-state index is 2.42. The van der Waals surface area contributed by atoms with Gasteiger partial charge in [0.25, 0.3) is 0 Å². The molecule has 0 fully saturated rings. The number of benzene rings is 6. The Balaban J connectivity index is 0.875. The number of hydrogen-bond donors (Lipinski definition) is 0. The fourth-order valence-corrected chi connectivity index (χ4v) is 12.9. The molecule has 0 amide bonds. The van der Waals surface area contributed by atoms with E-state index < -0.39 is 0 Å². The third-order valence-corrected chi connectivity index (χ3v) is 16.0.